The van der Waals surface area contributed by atoms with E-state index in [4.69, 9.17) is 14.2 Å². The maximum absolute atomic E-state index is 13.7. The van der Waals surface area contributed by atoms with Crippen LogP contribution >= 0.6 is 27.3 Å². The number of hydrogen-bond acceptors (Lipinski definition) is 7. The van der Waals surface area contributed by atoms with E-state index in [1.807, 2.05) is 55.5 Å². The average molecular weight is 571 g/mol. The van der Waals surface area contributed by atoms with E-state index in [1.54, 1.807) is 32.4 Å². The van der Waals surface area contributed by atoms with Crippen LogP contribution < -0.4 is 24.4 Å². The van der Waals surface area contributed by atoms with Gasteiger partial charge >= 0.3 is 5.97 Å². The summed E-state index contributed by atoms with van der Waals surface area (Å²) in [7, 11) is 1.60. The molecule has 2 heterocycles. The molecule has 1 atom stereocenters. The minimum Gasteiger partial charge on any atom is -0.496 e. The van der Waals surface area contributed by atoms with E-state index in [0.29, 0.717) is 38.7 Å². The van der Waals surface area contributed by atoms with Gasteiger partial charge in [-0.3, -0.25) is 9.36 Å². The number of ether oxygens (including phenoxy) is 3. The molecule has 4 rings (SSSR count). The van der Waals surface area contributed by atoms with Crippen molar-refractivity contribution in [2.45, 2.75) is 39.8 Å². The fraction of sp³-hybridized carbons (Fsp3) is 0.296. The van der Waals surface area contributed by atoms with Crippen molar-refractivity contribution in [1.29, 1.82) is 0 Å². The number of methoxy groups -OCH3 is 1. The van der Waals surface area contributed by atoms with E-state index in [2.05, 4.69) is 20.9 Å². The first-order valence-electron chi connectivity index (χ1n) is 11.5. The molecule has 7 nitrogen and oxygen atoms in total. The number of aromatic nitrogens is 1. The lowest BCUT2D eigenvalue weighted by atomic mass is 9.96. The molecule has 0 radical (unpaired) electrons. The summed E-state index contributed by atoms with van der Waals surface area (Å²) >= 11 is 4.78. The highest BCUT2D eigenvalue weighted by Gasteiger charge is 2.33. The normalized spacial score (nSPS) is 15.5. The molecule has 0 spiro atoms. The van der Waals surface area contributed by atoms with Crippen molar-refractivity contribution in [3.05, 3.63) is 89.0 Å². The zero-order valence-electron chi connectivity index (χ0n) is 20.7. The molecule has 0 saturated heterocycles. The molecule has 0 N–H and O–H groups in total. The number of nitrogens with zero attached hydrogens (tertiary/aromatic N) is 2. The molecule has 0 bridgehead atoms. The van der Waals surface area contributed by atoms with Crippen molar-refractivity contribution in [2.75, 3.05) is 13.7 Å². The second-order valence-electron chi connectivity index (χ2n) is 8.43. The highest BCUT2D eigenvalue weighted by atomic mass is 79.9. The molecule has 2 aromatic carbocycles. The van der Waals surface area contributed by atoms with Crippen LogP contribution in [-0.2, 0) is 9.53 Å². The third kappa shape index (κ3) is 5.17. The van der Waals surface area contributed by atoms with E-state index < -0.39 is 12.0 Å². The Morgan fingerprint density at radius 3 is 2.56 bits per heavy atom. The SMILES string of the molecule is CCOc1ccc([C@H]2C(C(=O)OC(C)C)=C(C)N=c3s/c(=C/c4ccc(OC)c(Br)c4)c(=O)n32)cc1. The Balaban J connectivity index is 1.89. The molecular formula is C27H27BrN2O5S. The standard InChI is InChI=1S/C27H27BrN2O5S/c1-6-34-19-10-8-18(9-11-19)24-23(26(32)35-15(2)3)16(4)29-27-30(24)25(31)22(36-27)14-17-7-12-21(33-5)20(28)13-17/h7-15,24H,6H2,1-5H3/b22-14+/t24-/m0/s1. The fourth-order valence-corrected chi connectivity index (χ4v) is 5.62. The van der Waals surface area contributed by atoms with E-state index in [0.717, 1.165) is 15.6 Å². The molecule has 0 amide bonds. The summed E-state index contributed by atoms with van der Waals surface area (Å²) in [6.07, 6.45) is 1.51. The molecule has 1 aromatic heterocycles. The second-order valence-corrected chi connectivity index (χ2v) is 10.3. The van der Waals surface area contributed by atoms with Gasteiger partial charge in [0.1, 0.15) is 11.5 Å². The minimum atomic E-state index is -0.673. The van der Waals surface area contributed by atoms with E-state index in [-0.39, 0.29) is 11.7 Å². The predicted molar refractivity (Wildman–Crippen MR) is 143 cm³/mol. The monoisotopic (exact) mass is 570 g/mol. The van der Waals surface area contributed by atoms with E-state index >= 15 is 0 Å². The van der Waals surface area contributed by atoms with E-state index in [9.17, 15) is 9.59 Å². The molecular weight excluding hydrogens is 544 g/mol. The maximum atomic E-state index is 13.7. The summed E-state index contributed by atoms with van der Waals surface area (Å²) in [6.45, 7) is 7.82. The lowest BCUT2D eigenvalue weighted by Gasteiger charge is -2.25. The van der Waals surface area contributed by atoms with Crippen molar-refractivity contribution in [3.8, 4) is 11.5 Å². The zero-order valence-corrected chi connectivity index (χ0v) is 23.1. The quantitative estimate of drug-likeness (QED) is 0.394. The number of halogens is 1. The van der Waals surface area contributed by atoms with Crippen LogP contribution in [0.25, 0.3) is 6.08 Å². The molecule has 0 unspecified atom stereocenters. The topological polar surface area (TPSA) is 79.1 Å². The summed E-state index contributed by atoms with van der Waals surface area (Å²) < 4.78 is 19.3. The van der Waals surface area contributed by atoms with Gasteiger partial charge in [0.2, 0.25) is 0 Å². The van der Waals surface area contributed by atoms with Gasteiger partial charge in [0.25, 0.3) is 5.56 Å². The molecule has 188 valence electrons. The van der Waals surface area contributed by atoms with Gasteiger partial charge in [0.15, 0.2) is 4.80 Å². The van der Waals surface area contributed by atoms with Gasteiger partial charge in [0.05, 0.1) is 46.1 Å². The first-order valence-corrected chi connectivity index (χ1v) is 13.1. The predicted octanol–water partition coefficient (Wildman–Crippen LogP) is 4.36. The molecule has 3 aromatic rings. The highest BCUT2D eigenvalue weighted by Crippen LogP contribution is 2.32. The van der Waals surface area contributed by atoms with Gasteiger partial charge in [-0.25, -0.2) is 9.79 Å². The van der Waals surface area contributed by atoms with Crippen LogP contribution in [0.15, 0.2) is 68.0 Å². The Hall–Kier alpha value is -3.17. The zero-order chi connectivity index (χ0) is 26.0. The van der Waals surface area contributed by atoms with Crippen LogP contribution in [0.3, 0.4) is 0 Å². The summed E-state index contributed by atoms with van der Waals surface area (Å²) in [5.74, 6) is 0.928. The molecule has 1 aliphatic heterocycles. The van der Waals surface area contributed by atoms with E-state index in [1.165, 1.54) is 11.3 Å². The molecule has 0 fully saturated rings. The summed E-state index contributed by atoms with van der Waals surface area (Å²) in [6, 6.07) is 12.3. The third-order valence-corrected chi connectivity index (χ3v) is 7.17. The number of hydrogen-bond donors (Lipinski definition) is 0. The van der Waals surface area contributed by atoms with Gasteiger partial charge in [-0.1, -0.05) is 29.5 Å². The van der Waals surface area contributed by atoms with Crippen LogP contribution in [-0.4, -0.2) is 30.4 Å². The number of benzene rings is 2. The number of carbonyl (C=O) groups excluding carboxylic acids is 1. The van der Waals surface area contributed by atoms with Crippen LogP contribution in [0.1, 0.15) is 44.9 Å². The van der Waals surface area contributed by atoms with Crippen LogP contribution in [0, 0.1) is 0 Å². The van der Waals surface area contributed by atoms with Crippen LogP contribution in [0.4, 0.5) is 0 Å². The van der Waals surface area contributed by atoms with Gasteiger partial charge < -0.3 is 14.2 Å². The van der Waals surface area contributed by atoms with Crippen molar-refractivity contribution >= 4 is 39.3 Å². The van der Waals surface area contributed by atoms with Gasteiger partial charge in [0, 0.05) is 0 Å². The van der Waals surface area contributed by atoms with Gasteiger partial charge in [-0.15, -0.1) is 0 Å². The van der Waals surface area contributed by atoms with Crippen LogP contribution in [0.2, 0.25) is 0 Å². The van der Waals surface area contributed by atoms with Gasteiger partial charge in [-0.05, 0) is 85.1 Å². The van der Waals surface area contributed by atoms with Crippen molar-refractivity contribution < 1.29 is 19.0 Å². The number of allylic oxidation sites excluding steroid dienone is 1. The Bertz CT molecular complexity index is 1500. The summed E-state index contributed by atoms with van der Waals surface area (Å²) in [5.41, 5.74) is 2.24. The average Bonchev–Trinajstić information content (AvgIpc) is 3.13. The van der Waals surface area contributed by atoms with Crippen LogP contribution in [0.5, 0.6) is 11.5 Å². The van der Waals surface area contributed by atoms with Crippen molar-refractivity contribution in [1.82, 2.24) is 4.57 Å². The fourth-order valence-electron chi connectivity index (χ4n) is 4.01. The Kier molecular flexibility index (Phi) is 7.80. The summed E-state index contributed by atoms with van der Waals surface area (Å²) in [5, 5.41) is 0. The minimum absolute atomic E-state index is 0.230. The maximum Gasteiger partial charge on any atom is 0.338 e. The van der Waals surface area contributed by atoms with Crippen molar-refractivity contribution in [2.24, 2.45) is 4.99 Å². The molecule has 9 heteroatoms. The lowest BCUT2D eigenvalue weighted by molar-refractivity contribution is -0.143. The Morgan fingerprint density at radius 1 is 1.22 bits per heavy atom. The number of esters is 1. The highest BCUT2D eigenvalue weighted by molar-refractivity contribution is 9.10. The smallest absolute Gasteiger partial charge is 0.338 e. The number of rotatable bonds is 7. The van der Waals surface area contributed by atoms with Crippen molar-refractivity contribution in [3.63, 3.8) is 0 Å². The molecule has 0 aliphatic carbocycles. The molecule has 36 heavy (non-hydrogen) atoms. The second kappa shape index (κ2) is 10.8. The number of fused-ring (bicyclic) bond motifs is 1. The number of carbonyl (C=O) groups is 1. The summed E-state index contributed by atoms with van der Waals surface area (Å²) in [4.78, 5) is 32.1. The van der Waals surface area contributed by atoms with Gasteiger partial charge in [-0.2, -0.15) is 0 Å². The first-order chi connectivity index (χ1) is 17.2. The Morgan fingerprint density at radius 2 is 1.94 bits per heavy atom. The number of thiazole rings is 1. The molecule has 0 saturated carbocycles. The largest absolute Gasteiger partial charge is 0.496 e. The lowest BCUT2D eigenvalue weighted by Crippen LogP contribution is -2.40. The third-order valence-electron chi connectivity index (χ3n) is 5.56. The Labute approximate surface area is 221 Å². The first kappa shape index (κ1) is 25.9. The molecule has 1 aliphatic rings.